The Labute approximate surface area is 183 Å². The predicted octanol–water partition coefficient (Wildman–Crippen LogP) is 4.67. The van der Waals surface area contributed by atoms with Gasteiger partial charge in [-0.3, -0.25) is 9.59 Å². The van der Waals surface area contributed by atoms with E-state index in [1.165, 1.54) is 27.1 Å². The van der Waals surface area contributed by atoms with Crippen molar-refractivity contribution in [2.75, 3.05) is 19.8 Å². The number of carbonyl (C=O) groups is 2. The molecule has 0 aromatic heterocycles. The molecule has 0 aliphatic heterocycles. The summed E-state index contributed by atoms with van der Waals surface area (Å²) in [6.45, 7) is 3.72. The molecule has 2 unspecified atom stereocenters. The third-order valence-corrected chi connectivity index (χ3v) is 5.68. The predicted molar refractivity (Wildman–Crippen MR) is 122 cm³/mol. The van der Waals surface area contributed by atoms with Crippen molar-refractivity contribution in [1.82, 2.24) is 0 Å². The molecule has 3 aromatic carbocycles. The zero-order chi connectivity index (χ0) is 22.2. The first-order valence-electron chi connectivity index (χ1n) is 10.9. The number of aliphatic hydroxyl groups excluding tert-OH is 1. The summed E-state index contributed by atoms with van der Waals surface area (Å²) in [4.78, 5) is 24.6. The fourth-order valence-electron chi connectivity index (χ4n) is 3.99. The van der Waals surface area contributed by atoms with E-state index in [9.17, 15) is 9.59 Å². The molecular formula is C26H30O5. The molecular weight excluding hydrogens is 392 g/mol. The van der Waals surface area contributed by atoms with Crippen molar-refractivity contribution in [3.05, 3.63) is 60.2 Å². The Hall–Kier alpha value is -2.92. The van der Waals surface area contributed by atoms with E-state index >= 15 is 0 Å². The third kappa shape index (κ3) is 5.61. The number of aliphatic hydroxyl groups is 1. The number of esters is 2. The van der Waals surface area contributed by atoms with Gasteiger partial charge in [0.05, 0.1) is 25.0 Å². The smallest absolute Gasteiger partial charge is 0.309 e. The summed E-state index contributed by atoms with van der Waals surface area (Å²) in [6.07, 6.45) is 1.57. The fraction of sp³-hybridized carbons (Fsp3) is 0.385. The van der Waals surface area contributed by atoms with E-state index in [2.05, 4.69) is 30.3 Å². The first kappa shape index (κ1) is 22.8. The lowest BCUT2D eigenvalue weighted by Crippen LogP contribution is -2.25. The third-order valence-electron chi connectivity index (χ3n) is 5.68. The van der Waals surface area contributed by atoms with Crippen molar-refractivity contribution in [2.45, 2.75) is 33.1 Å². The zero-order valence-corrected chi connectivity index (χ0v) is 18.2. The summed E-state index contributed by atoms with van der Waals surface area (Å²) in [6, 6.07) is 18.7. The highest BCUT2D eigenvalue weighted by Crippen LogP contribution is 2.29. The van der Waals surface area contributed by atoms with E-state index in [0.717, 1.165) is 0 Å². The van der Waals surface area contributed by atoms with Crippen molar-refractivity contribution in [3.63, 3.8) is 0 Å². The second-order valence-electron chi connectivity index (χ2n) is 7.85. The maximum absolute atomic E-state index is 12.5. The first-order chi connectivity index (χ1) is 15.0. The highest BCUT2D eigenvalue weighted by atomic mass is 16.5. The van der Waals surface area contributed by atoms with E-state index in [4.69, 9.17) is 14.6 Å². The lowest BCUT2D eigenvalue weighted by molar-refractivity contribution is -0.153. The van der Waals surface area contributed by atoms with E-state index in [1.807, 2.05) is 31.2 Å². The Morgan fingerprint density at radius 2 is 1.48 bits per heavy atom. The summed E-state index contributed by atoms with van der Waals surface area (Å²) in [5.74, 6) is -1.47. The number of hydrogen-bond acceptors (Lipinski definition) is 5. The molecule has 5 nitrogen and oxygen atoms in total. The maximum Gasteiger partial charge on any atom is 0.309 e. The number of carbonyl (C=O) groups excluding carboxylic acids is 2. The molecule has 0 aliphatic rings. The summed E-state index contributed by atoms with van der Waals surface area (Å²) in [7, 11) is 0. The lowest BCUT2D eigenvalue weighted by Gasteiger charge is -2.18. The van der Waals surface area contributed by atoms with Crippen LogP contribution in [0.2, 0.25) is 0 Å². The van der Waals surface area contributed by atoms with E-state index in [-0.39, 0.29) is 37.7 Å². The minimum atomic E-state index is -0.407. The van der Waals surface area contributed by atoms with Crippen molar-refractivity contribution < 1.29 is 24.2 Å². The van der Waals surface area contributed by atoms with Gasteiger partial charge in [-0.2, -0.15) is 0 Å². The van der Waals surface area contributed by atoms with Crippen LogP contribution in [0.15, 0.2) is 54.6 Å². The molecule has 3 rings (SSSR count). The topological polar surface area (TPSA) is 72.8 Å². The summed E-state index contributed by atoms with van der Waals surface area (Å²) >= 11 is 0. The van der Waals surface area contributed by atoms with Crippen LogP contribution in [0.4, 0.5) is 0 Å². The molecule has 0 fully saturated rings. The second kappa shape index (κ2) is 10.9. The monoisotopic (exact) mass is 422 g/mol. The summed E-state index contributed by atoms with van der Waals surface area (Å²) < 4.78 is 10.6. The highest BCUT2D eigenvalue weighted by molar-refractivity contribution is 6.02. The number of rotatable bonds is 10. The zero-order valence-electron chi connectivity index (χ0n) is 18.2. The van der Waals surface area contributed by atoms with Gasteiger partial charge in [0.15, 0.2) is 0 Å². The second-order valence-corrected chi connectivity index (χ2v) is 7.85. The van der Waals surface area contributed by atoms with Gasteiger partial charge in [0.2, 0.25) is 0 Å². The van der Waals surface area contributed by atoms with Gasteiger partial charge in [-0.1, -0.05) is 62.4 Å². The Balaban J connectivity index is 1.65. The number of hydrogen-bond donors (Lipinski definition) is 1. The Morgan fingerprint density at radius 3 is 2.06 bits per heavy atom. The number of fused-ring (bicyclic) bond motifs is 2. The molecule has 5 heteroatoms. The van der Waals surface area contributed by atoms with Gasteiger partial charge in [0.25, 0.3) is 0 Å². The largest absolute Gasteiger partial charge is 0.465 e. The minimum Gasteiger partial charge on any atom is -0.465 e. The van der Waals surface area contributed by atoms with Gasteiger partial charge >= 0.3 is 11.9 Å². The van der Waals surface area contributed by atoms with Gasteiger partial charge in [-0.25, -0.2) is 0 Å². The average Bonchev–Trinajstić information content (AvgIpc) is 2.80. The standard InChI is InChI=1S/C26H30O5/c1-3-19(26(29)31-15-13-27)16-18(2)25(28)30-14-12-24-22-10-6-4-8-20(22)17-21-9-5-7-11-23(21)24/h4-11,17-19,27H,3,12-16H2,1-2H3. The van der Waals surface area contributed by atoms with Crippen molar-refractivity contribution >= 4 is 33.5 Å². The van der Waals surface area contributed by atoms with Gasteiger partial charge in [0, 0.05) is 6.42 Å². The molecule has 0 amide bonds. The fourth-order valence-corrected chi connectivity index (χ4v) is 3.99. The summed E-state index contributed by atoms with van der Waals surface area (Å²) in [5, 5.41) is 13.5. The van der Waals surface area contributed by atoms with Gasteiger partial charge < -0.3 is 14.6 Å². The number of ether oxygens (including phenoxy) is 2. The van der Waals surface area contributed by atoms with Crippen LogP contribution in [-0.2, 0) is 25.5 Å². The van der Waals surface area contributed by atoms with Crippen LogP contribution in [0.1, 0.15) is 32.3 Å². The normalized spacial score (nSPS) is 13.1. The first-order valence-corrected chi connectivity index (χ1v) is 10.9. The van der Waals surface area contributed by atoms with Crippen LogP contribution in [0.3, 0.4) is 0 Å². The SMILES string of the molecule is CCC(CC(C)C(=O)OCCc1c2ccccc2cc2ccccc12)C(=O)OCCO. The van der Waals surface area contributed by atoms with Crippen LogP contribution in [0, 0.1) is 11.8 Å². The number of benzene rings is 3. The molecule has 0 saturated heterocycles. The Bertz CT molecular complexity index is 988. The van der Waals surface area contributed by atoms with Crippen LogP contribution in [-0.4, -0.2) is 36.9 Å². The molecule has 0 spiro atoms. The molecule has 3 aromatic rings. The quantitative estimate of drug-likeness (QED) is 0.380. The van der Waals surface area contributed by atoms with Crippen LogP contribution in [0.25, 0.3) is 21.5 Å². The van der Waals surface area contributed by atoms with E-state index in [1.54, 1.807) is 6.92 Å². The molecule has 164 valence electrons. The average molecular weight is 423 g/mol. The maximum atomic E-state index is 12.5. The Morgan fingerprint density at radius 1 is 0.903 bits per heavy atom. The van der Waals surface area contributed by atoms with Gasteiger partial charge in [-0.15, -0.1) is 0 Å². The minimum absolute atomic E-state index is 0.0207. The molecule has 0 bridgehead atoms. The van der Waals surface area contributed by atoms with E-state index < -0.39 is 5.92 Å². The van der Waals surface area contributed by atoms with Crippen LogP contribution in [0.5, 0.6) is 0 Å². The van der Waals surface area contributed by atoms with Crippen molar-refractivity contribution in [3.8, 4) is 0 Å². The van der Waals surface area contributed by atoms with Gasteiger partial charge in [-0.05, 0) is 46.0 Å². The van der Waals surface area contributed by atoms with E-state index in [0.29, 0.717) is 19.3 Å². The molecule has 1 N–H and O–H groups in total. The van der Waals surface area contributed by atoms with Crippen molar-refractivity contribution in [1.29, 1.82) is 0 Å². The molecule has 0 aliphatic carbocycles. The van der Waals surface area contributed by atoms with Gasteiger partial charge in [0.1, 0.15) is 6.61 Å². The molecule has 0 radical (unpaired) electrons. The van der Waals surface area contributed by atoms with Crippen LogP contribution >= 0.6 is 0 Å². The van der Waals surface area contributed by atoms with Crippen LogP contribution < -0.4 is 0 Å². The molecule has 0 saturated carbocycles. The van der Waals surface area contributed by atoms with Crippen molar-refractivity contribution in [2.24, 2.45) is 11.8 Å². The molecule has 0 heterocycles. The summed E-state index contributed by atoms with van der Waals surface area (Å²) in [5.41, 5.74) is 1.17. The highest BCUT2D eigenvalue weighted by Gasteiger charge is 2.25. The Kier molecular flexibility index (Phi) is 8.01. The molecule has 2 atom stereocenters. The lowest BCUT2D eigenvalue weighted by atomic mass is 9.93. The molecule has 31 heavy (non-hydrogen) atoms.